The van der Waals surface area contributed by atoms with Crippen molar-refractivity contribution in [3.05, 3.63) is 29.8 Å². The van der Waals surface area contributed by atoms with Gasteiger partial charge in [-0.1, -0.05) is 12.1 Å². The van der Waals surface area contributed by atoms with Crippen LogP contribution in [0.1, 0.15) is 24.3 Å². The van der Waals surface area contributed by atoms with Gasteiger partial charge in [-0.25, -0.2) is 0 Å². The van der Waals surface area contributed by atoms with Crippen LogP contribution in [0, 0.1) is 0 Å². The normalized spacial score (nSPS) is 12.8. The van der Waals surface area contributed by atoms with Gasteiger partial charge < -0.3 is 14.6 Å². The number of carbonyl (C=O) groups excluding carboxylic acids is 1. The Bertz CT molecular complexity index is 454. The lowest BCUT2D eigenvalue weighted by Gasteiger charge is -2.13. The molecule has 0 saturated carbocycles. The molecule has 1 aromatic carbocycles. The van der Waals surface area contributed by atoms with E-state index in [1.165, 1.54) is 24.3 Å². The number of benzene rings is 1. The highest BCUT2D eigenvalue weighted by atomic mass is 19.4. The van der Waals surface area contributed by atoms with Crippen molar-refractivity contribution in [2.75, 3.05) is 6.61 Å². The molecule has 1 aromatic rings. The van der Waals surface area contributed by atoms with Gasteiger partial charge in [0.2, 0.25) is 0 Å². The third-order valence-electron chi connectivity index (χ3n) is 2.56. The van der Waals surface area contributed by atoms with Crippen LogP contribution in [0.15, 0.2) is 24.3 Å². The monoisotopic (exact) mass is 290 g/mol. The Labute approximate surface area is 113 Å². The van der Waals surface area contributed by atoms with E-state index in [1.54, 1.807) is 0 Å². The van der Waals surface area contributed by atoms with Crippen LogP contribution in [0.3, 0.4) is 0 Å². The van der Waals surface area contributed by atoms with Crippen LogP contribution in [-0.4, -0.2) is 30.1 Å². The number of halogens is 3. The second-order valence-electron chi connectivity index (χ2n) is 4.17. The molecule has 0 amide bonds. The molecule has 1 N–H and O–H groups in total. The average Bonchev–Trinajstić information content (AvgIpc) is 2.35. The molecule has 20 heavy (non-hydrogen) atoms. The summed E-state index contributed by atoms with van der Waals surface area (Å²) in [7, 11) is 0. The fraction of sp³-hybridized carbons (Fsp3) is 0.385. The SMILES string of the molecule is O=CCC(CC(=O)O)c1ccc(OCC(F)(F)F)cc1. The van der Waals surface area contributed by atoms with Gasteiger partial charge in [-0.05, 0) is 17.7 Å². The molecule has 0 aromatic heterocycles. The predicted molar refractivity (Wildman–Crippen MR) is 63.7 cm³/mol. The number of hydrogen-bond acceptors (Lipinski definition) is 3. The van der Waals surface area contributed by atoms with Gasteiger partial charge in [0.25, 0.3) is 0 Å². The molecule has 7 heteroatoms. The smallest absolute Gasteiger partial charge is 0.422 e. The Kier molecular flexibility index (Phi) is 5.54. The van der Waals surface area contributed by atoms with Crippen LogP contribution < -0.4 is 4.74 Å². The van der Waals surface area contributed by atoms with E-state index in [9.17, 15) is 22.8 Å². The second-order valence-corrected chi connectivity index (χ2v) is 4.17. The first-order valence-electron chi connectivity index (χ1n) is 5.77. The van der Waals surface area contributed by atoms with Gasteiger partial charge in [0.15, 0.2) is 6.61 Å². The standard InChI is InChI=1S/C13H13F3O4/c14-13(15,16)8-20-11-3-1-9(2-4-11)10(5-6-17)7-12(18)19/h1-4,6,10H,5,7-8H2,(H,18,19). The van der Waals surface area contributed by atoms with Crippen LogP contribution in [0.2, 0.25) is 0 Å². The molecule has 4 nitrogen and oxygen atoms in total. The number of alkyl halides is 3. The molecule has 1 atom stereocenters. The van der Waals surface area contributed by atoms with E-state index in [2.05, 4.69) is 4.74 Å². The number of ether oxygens (including phenoxy) is 1. The first-order valence-corrected chi connectivity index (χ1v) is 5.77. The average molecular weight is 290 g/mol. The third-order valence-corrected chi connectivity index (χ3v) is 2.56. The number of aliphatic carboxylic acids is 1. The maximum absolute atomic E-state index is 12.0. The van der Waals surface area contributed by atoms with Gasteiger partial charge in [-0.2, -0.15) is 13.2 Å². The summed E-state index contributed by atoms with van der Waals surface area (Å²) >= 11 is 0. The topological polar surface area (TPSA) is 63.6 Å². The highest BCUT2D eigenvalue weighted by Crippen LogP contribution is 2.25. The summed E-state index contributed by atoms with van der Waals surface area (Å²) < 4.78 is 40.4. The zero-order chi connectivity index (χ0) is 15.2. The number of hydrogen-bond donors (Lipinski definition) is 1. The highest BCUT2D eigenvalue weighted by Gasteiger charge is 2.28. The van der Waals surface area contributed by atoms with E-state index in [0.717, 1.165) is 0 Å². The number of rotatable bonds is 7. The molecule has 0 aliphatic rings. The van der Waals surface area contributed by atoms with Gasteiger partial charge in [-0.15, -0.1) is 0 Å². The van der Waals surface area contributed by atoms with Crippen molar-refractivity contribution in [3.8, 4) is 5.75 Å². The van der Waals surface area contributed by atoms with Gasteiger partial charge in [0.1, 0.15) is 12.0 Å². The molecular formula is C13H13F3O4. The van der Waals surface area contributed by atoms with Crippen LogP contribution in [0.5, 0.6) is 5.75 Å². The van der Waals surface area contributed by atoms with Crippen molar-refractivity contribution in [2.24, 2.45) is 0 Å². The lowest BCUT2D eigenvalue weighted by Crippen LogP contribution is -2.19. The van der Waals surface area contributed by atoms with Crippen molar-refractivity contribution in [2.45, 2.75) is 24.9 Å². The quantitative estimate of drug-likeness (QED) is 0.784. The van der Waals surface area contributed by atoms with Gasteiger partial charge in [0.05, 0.1) is 6.42 Å². The summed E-state index contributed by atoms with van der Waals surface area (Å²) in [5.74, 6) is -1.51. The molecule has 0 bridgehead atoms. The zero-order valence-electron chi connectivity index (χ0n) is 10.4. The largest absolute Gasteiger partial charge is 0.484 e. The van der Waals surface area contributed by atoms with Crippen molar-refractivity contribution in [1.82, 2.24) is 0 Å². The first-order chi connectivity index (χ1) is 9.31. The van der Waals surface area contributed by atoms with E-state index in [0.29, 0.717) is 11.8 Å². The summed E-state index contributed by atoms with van der Waals surface area (Å²) in [5, 5.41) is 8.73. The van der Waals surface area contributed by atoms with E-state index in [-0.39, 0.29) is 18.6 Å². The number of carboxylic acid groups (broad SMARTS) is 1. The molecule has 0 spiro atoms. The Morgan fingerprint density at radius 1 is 1.30 bits per heavy atom. The Balaban J connectivity index is 2.72. The minimum Gasteiger partial charge on any atom is -0.484 e. The zero-order valence-corrected chi connectivity index (χ0v) is 10.4. The third kappa shape index (κ3) is 5.73. The summed E-state index contributed by atoms with van der Waals surface area (Å²) in [6.07, 6.45) is -3.99. The molecule has 110 valence electrons. The summed E-state index contributed by atoms with van der Waals surface area (Å²) in [5.41, 5.74) is 0.568. The first kappa shape index (κ1) is 16.0. The predicted octanol–water partition coefficient (Wildman–Crippen LogP) is 2.78. The van der Waals surface area contributed by atoms with Gasteiger partial charge in [0, 0.05) is 12.3 Å². The number of aldehydes is 1. The highest BCUT2D eigenvalue weighted by molar-refractivity contribution is 5.69. The maximum Gasteiger partial charge on any atom is 0.422 e. The minimum atomic E-state index is -4.41. The lowest BCUT2D eigenvalue weighted by molar-refractivity contribution is -0.153. The van der Waals surface area contributed by atoms with Crippen molar-refractivity contribution < 1.29 is 32.6 Å². The van der Waals surface area contributed by atoms with E-state index >= 15 is 0 Å². The molecular weight excluding hydrogens is 277 g/mol. The Morgan fingerprint density at radius 3 is 2.35 bits per heavy atom. The number of carboxylic acids is 1. The fourth-order valence-corrected chi connectivity index (χ4v) is 1.67. The second kappa shape index (κ2) is 6.93. The molecule has 1 rings (SSSR count). The fourth-order valence-electron chi connectivity index (χ4n) is 1.67. The van der Waals surface area contributed by atoms with Crippen LogP contribution in [0.4, 0.5) is 13.2 Å². The number of carbonyl (C=O) groups is 2. The minimum absolute atomic E-state index is 0.0336. The molecule has 0 aliphatic heterocycles. The Morgan fingerprint density at radius 2 is 1.90 bits per heavy atom. The van der Waals surface area contributed by atoms with Crippen LogP contribution in [0.25, 0.3) is 0 Å². The van der Waals surface area contributed by atoms with Crippen LogP contribution >= 0.6 is 0 Å². The maximum atomic E-state index is 12.0. The summed E-state index contributed by atoms with van der Waals surface area (Å²) in [6.45, 7) is -1.39. The van der Waals surface area contributed by atoms with E-state index < -0.39 is 24.7 Å². The summed E-state index contributed by atoms with van der Waals surface area (Å²) in [6, 6.07) is 5.56. The van der Waals surface area contributed by atoms with E-state index in [4.69, 9.17) is 5.11 Å². The lowest BCUT2D eigenvalue weighted by atomic mass is 9.93. The van der Waals surface area contributed by atoms with Crippen molar-refractivity contribution >= 4 is 12.3 Å². The molecule has 0 saturated heterocycles. The summed E-state index contributed by atoms with van der Waals surface area (Å²) in [4.78, 5) is 21.2. The molecule has 0 heterocycles. The molecule has 0 aliphatic carbocycles. The Hall–Kier alpha value is -2.05. The molecule has 0 radical (unpaired) electrons. The van der Waals surface area contributed by atoms with Gasteiger partial charge in [-0.3, -0.25) is 4.79 Å². The van der Waals surface area contributed by atoms with Crippen molar-refractivity contribution in [1.29, 1.82) is 0 Å². The van der Waals surface area contributed by atoms with Gasteiger partial charge >= 0.3 is 12.1 Å². The van der Waals surface area contributed by atoms with Crippen molar-refractivity contribution in [3.63, 3.8) is 0 Å². The van der Waals surface area contributed by atoms with Crippen LogP contribution in [-0.2, 0) is 9.59 Å². The van der Waals surface area contributed by atoms with E-state index in [1.807, 2.05) is 0 Å². The molecule has 1 unspecified atom stereocenters. The molecule has 0 fully saturated rings.